The maximum Gasteiger partial charge on any atom is 0.394 e. The molecule has 1 rings (SSSR count). The van der Waals surface area contributed by atoms with Crippen molar-refractivity contribution in [2.24, 2.45) is 5.92 Å². The molecule has 0 amide bonds. The van der Waals surface area contributed by atoms with Crippen LogP contribution in [0.2, 0.25) is 0 Å². The van der Waals surface area contributed by atoms with Gasteiger partial charge in [-0.2, -0.15) is 0 Å². The molecule has 1 aliphatic rings. The van der Waals surface area contributed by atoms with E-state index in [0.717, 1.165) is 6.42 Å². The predicted octanol–water partition coefficient (Wildman–Crippen LogP) is 2.73. The highest BCUT2D eigenvalue weighted by molar-refractivity contribution is 7.58. The van der Waals surface area contributed by atoms with Crippen LogP contribution in [0.5, 0.6) is 0 Å². The van der Waals surface area contributed by atoms with Gasteiger partial charge in [0.05, 0.1) is 0 Å². The zero-order valence-corrected chi connectivity index (χ0v) is 11.0. The molecule has 2 atom stereocenters. The zero-order chi connectivity index (χ0) is 12.2. The third-order valence-electron chi connectivity index (χ3n) is 2.35. The standard InChI is InChI=1S/C10H19O5P/c1-5-14-9-6-8(2)7-10(15-9)16(11,12-3)13-4/h7-9H,5-6H2,1-4H3/t8-,9-/m1/s1. The van der Waals surface area contributed by atoms with Crippen molar-refractivity contribution >= 4 is 7.60 Å². The molecule has 1 aliphatic heterocycles. The Bertz CT molecular complexity index is 294. The molecule has 0 saturated heterocycles. The number of ether oxygens (including phenoxy) is 2. The highest BCUT2D eigenvalue weighted by atomic mass is 31.2. The lowest BCUT2D eigenvalue weighted by Crippen LogP contribution is -2.24. The first-order chi connectivity index (χ1) is 7.55. The topological polar surface area (TPSA) is 54.0 Å². The van der Waals surface area contributed by atoms with Crippen LogP contribution in [0.25, 0.3) is 0 Å². The highest BCUT2D eigenvalue weighted by Gasteiger charge is 2.35. The number of hydrogen-bond donors (Lipinski definition) is 0. The summed E-state index contributed by atoms with van der Waals surface area (Å²) in [5.41, 5.74) is 0.245. The van der Waals surface area contributed by atoms with Crippen LogP contribution < -0.4 is 0 Å². The van der Waals surface area contributed by atoms with E-state index in [4.69, 9.17) is 18.5 Å². The SMILES string of the molecule is CCO[C@H]1C[C@@H](C)C=C(P(=O)(OC)OC)O1. The van der Waals surface area contributed by atoms with Crippen molar-refractivity contribution in [2.45, 2.75) is 26.6 Å². The van der Waals surface area contributed by atoms with E-state index in [1.165, 1.54) is 14.2 Å². The Morgan fingerprint density at radius 3 is 2.62 bits per heavy atom. The van der Waals surface area contributed by atoms with E-state index < -0.39 is 7.60 Å². The molecule has 0 aromatic heterocycles. The summed E-state index contributed by atoms with van der Waals surface area (Å²) in [6, 6.07) is 0. The smallest absolute Gasteiger partial charge is 0.394 e. The maximum atomic E-state index is 12.1. The fraction of sp³-hybridized carbons (Fsp3) is 0.800. The lowest BCUT2D eigenvalue weighted by molar-refractivity contribution is -0.124. The molecule has 6 heteroatoms. The molecule has 0 bridgehead atoms. The molecule has 0 aromatic carbocycles. The van der Waals surface area contributed by atoms with Gasteiger partial charge in [-0.3, -0.25) is 4.57 Å². The Morgan fingerprint density at radius 1 is 1.50 bits per heavy atom. The van der Waals surface area contributed by atoms with Gasteiger partial charge >= 0.3 is 7.60 Å². The Morgan fingerprint density at radius 2 is 2.12 bits per heavy atom. The Balaban J connectivity index is 2.83. The van der Waals surface area contributed by atoms with Crippen molar-refractivity contribution in [1.82, 2.24) is 0 Å². The zero-order valence-electron chi connectivity index (χ0n) is 10.1. The van der Waals surface area contributed by atoms with E-state index in [1.807, 2.05) is 13.8 Å². The average Bonchev–Trinajstić information content (AvgIpc) is 2.27. The molecular weight excluding hydrogens is 231 g/mol. The summed E-state index contributed by atoms with van der Waals surface area (Å²) < 4.78 is 32.7. The largest absolute Gasteiger partial charge is 0.457 e. The van der Waals surface area contributed by atoms with E-state index in [1.54, 1.807) is 6.08 Å². The number of hydrogen-bond acceptors (Lipinski definition) is 5. The van der Waals surface area contributed by atoms with Crippen molar-refractivity contribution in [2.75, 3.05) is 20.8 Å². The summed E-state index contributed by atoms with van der Waals surface area (Å²) in [5, 5.41) is 0. The fourth-order valence-electron chi connectivity index (χ4n) is 1.54. The van der Waals surface area contributed by atoms with Crippen LogP contribution in [0.15, 0.2) is 11.6 Å². The molecule has 1 heterocycles. The molecule has 0 aliphatic carbocycles. The molecule has 5 nitrogen and oxygen atoms in total. The molecule has 0 unspecified atom stereocenters. The quantitative estimate of drug-likeness (QED) is 0.702. The summed E-state index contributed by atoms with van der Waals surface area (Å²) >= 11 is 0. The van der Waals surface area contributed by atoms with Gasteiger partial charge in [-0.1, -0.05) is 6.92 Å². The van der Waals surface area contributed by atoms with Gasteiger partial charge in [0.1, 0.15) is 0 Å². The van der Waals surface area contributed by atoms with Gasteiger partial charge in [0, 0.05) is 27.2 Å². The summed E-state index contributed by atoms with van der Waals surface area (Å²) in [7, 11) is -0.623. The Labute approximate surface area is 96.2 Å². The number of allylic oxidation sites excluding steroid dienone is 1. The van der Waals surface area contributed by atoms with Crippen LogP contribution in [0.1, 0.15) is 20.3 Å². The molecule has 0 N–H and O–H groups in total. The van der Waals surface area contributed by atoms with Crippen LogP contribution in [0, 0.1) is 5.92 Å². The summed E-state index contributed by atoms with van der Waals surface area (Å²) in [4.78, 5) is 0. The maximum absolute atomic E-state index is 12.1. The minimum atomic E-state index is -3.30. The van der Waals surface area contributed by atoms with Crippen molar-refractivity contribution in [3.63, 3.8) is 0 Å². The van der Waals surface area contributed by atoms with Crippen LogP contribution in [0.4, 0.5) is 0 Å². The molecule has 0 spiro atoms. The number of rotatable bonds is 5. The average molecular weight is 250 g/mol. The van der Waals surface area contributed by atoms with E-state index >= 15 is 0 Å². The van der Waals surface area contributed by atoms with Gasteiger partial charge in [0.15, 0.2) is 0 Å². The molecular formula is C10H19O5P. The predicted molar refractivity (Wildman–Crippen MR) is 60.0 cm³/mol. The van der Waals surface area contributed by atoms with E-state index in [9.17, 15) is 4.57 Å². The second-order valence-corrected chi connectivity index (χ2v) is 5.75. The van der Waals surface area contributed by atoms with Crippen LogP contribution in [-0.2, 0) is 23.1 Å². The normalized spacial score (nSPS) is 26.1. The Kier molecular flexibility index (Phi) is 4.99. The molecule has 0 saturated carbocycles. The Hall–Kier alpha value is -0.350. The second kappa shape index (κ2) is 5.82. The first-order valence-corrected chi connectivity index (χ1v) is 6.82. The highest BCUT2D eigenvalue weighted by Crippen LogP contribution is 2.57. The van der Waals surface area contributed by atoms with Gasteiger partial charge in [-0.15, -0.1) is 0 Å². The van der Waals surface area contributed by atoms with Crippen molar-refractivity contribution in [3.8, 4) is 0 Å². The van der Waals surface area contributed by atoms with Crippen molar-refractivity contribution < 1.29 is 23.1 Å². The second-order valence-electron chi connectivity index (χ2n) is 3.58. The molecule has 0 fully saturated rings. The van der Waals surface area contributed by atoms with Gasteiger partial charge in [-0.25, -0.2) is 0 Å². The minimum Gasteiger partial charge on any atom is -0.457 e. The first kappa shape index (κ1) is 13.7. The lowest BCUT2D eigenvalue weighted by Gasteiger charge is -2.29. The summed E-state index contributed by atoms with van der Waals surface area (Å²) in [6.07, 6.45) is 2.13. The van der Waals surface area contributed by atoms with Crippen molar-refractivity contribution in [1.29, 1.82) is 0 Å². The van der Waals surface area contributed by atoms with Gasteiger partial charge in [0.2, 0.25) is 11.8 Å². The van der Waals surface area contributed by atoms with Gasteiger partial charge in [0.25, 0.3) is 0 Å². The van der Waals surface area contributed by atoms with E-state index in [-0.39, 0.29) is 17.7 Å². The van der Waals surface area contributed by atoms with E-state index in [2.05, 4.69) is 0 Å². The molecule has 16 heavy (non-hydrogen) atoms. The van der Waals surface area contributed by atoms with Gasteiger partial charge in [-0.05, 0) is 18.9 Å². The van der Waals surface area contributed by atoms with Crippen molar-refractivity contribution in [3.05, 3.63) is 11.6 Å². The lowest BCUT2D eigenvalue weighted by atomic mass is 10.1. The summed E-state index contributed by atoms with van der Waals surface area (Å²) in [5.74, 6) is 0.221. The third kappa shape index (κ3) is 3.08. The van der Waals surface area contributed by atoms with Crippen LogP contribution >= 0.6 is 7.60 Å². The minimum absolute atomic E-state index is 0.221. The molecule has 0 aromatic rings. The third-order valence-corrected chi connectivity index (χ3v) is 4.10. The molecule has 94 valence electrons. The van der Waals surface area contributed by atoms with E-state index in [0.29, 0.717) is 6.61 Å². The molecule has 0 radical (unpaired) electrons. The van der Waals surface area contributed by atoms with Crippen LogP contribution in [-0.4, -0.2) is 27.1 Å². The van der Waals surface area contributed by atoms with Gasteiger partial charge < -0.3 is 18.5 Å². The fourth-order valence-corrected chi connectivity index (χ4v) is 2.73. The first-order valence-electron chi connectivity index (χ1n) is 5.27. The summed E-state index contributed by atoms with van der Waals surface area (Å²) in [6.45, 7) is 4.44. The monoisotopic (exact) mass is 250 g/mol. The van der Waals surface area contributed by atoms with Crippen LogP contribution in [0.3, 0.4) is 0 Å².